The summed E-state index contributed by atoms with van der Waals surface area (Å²) in [5, 5.41) is 0. The molecular formula is C8H12O. The summed E-state index contributed by atoms with van der Waals surface area (Å²) in [6.07, 6.45) is 5.73. The fourth-order valence-electron chi connectivity index (χ4n) is 2.85. The van der Waals surface area contributed by atoms with Crippen molar-refractivity contribution in [3.8, 4) is 0 Å². The van der Waals surface area contributed by atoms with E-state index >= 15 is 0 Å². The molecule has 2 saturated carbocycles. The first-order valence-corrected chi connectivity index (χ1v) is 4.07. The van der Waals surface area contributed by atoms with Crippen molar-refractivity contribution in [2.24, 2.45) is 11.8 Å². The summed E-state index contributed by atoms with van der Waals surface area (Å²) >= 11 is 0. The van der Waals surface area contributed by atoms with Crippen molar-refractivity contribution in [1.82, 2.24) is 0 Å². The Morgan fingerprint density at radius 1 is 1.22 bits per heavy atom. The van der Waals surface area contributed by atoms with Gasteiger partial charge in [0.05, 0.1) is 12.2 Å². The van der Waals surface area contributed by atoms with Gasteiger partial charge in [-0.3, -0.25) is 0 Å². The van der Waals surface area contributed by atoms with Gasteiger partial charge < -0.3 is 4.74 Å². The van der Waals surface area contributed by atoms with Crippen molar-refractivity contribution in [2.75, 3.05) is 6.61 Å². The molecule has 0 aromatic rings. The second kappa shape index (κ2) is 1.20. The maximum atomic E-state index is 5.60. The van der Waals surface area contributed by atoms with Gasteiger partial charge in [-0.2, -0.15) is 0 Å². The molecule has 1 nitrogen and oxygen atoms in total. The normalized spacial score (nSPS) is 61.3. The topological polar surface area (TPSA) is 9.23 Å². The Kier molecular flexibility index (Phi) is 0.628. The molecular weight excluding hydrogens is 112 g/mol. The van der Waals surface area contributed by atoms with Crippen LogP contribution in [0.5, 0.6) is 0 Å². The summed E-state index contributed by atoms with van der Waals surface area (Å²) in [5.41, 5.74) is 0.484. The molecule has 0 bridgehead atoms. The Balaban J connectivity index is 1.89. The summed E-state index contributed by atoms with van der Waals surface area (Å²) in [5.74, 6) is 2.02. The highest BCUT2D eigenvalue weighted by atomic mass is 16.5. The summed E-state index contributed by atoms with van der Waals surface area (Å²) in [7, 11) is 0. The van der Waals surface area contributed by atoms with E-state index in [9.17, 15) is 0 Å². The first-order chi connectivity index (χ1) is 4.43. The van der Waals surface area contributed by atoms with Gasteiger partial charge in [-0.25, -0.2) is 0 Å². The average Bonchev–Trinajstić information content (AvgIpc) is 2.31. The average molecular weight is 124 g/mol. The zero-order valence-electron chi connectivity index (χ0n) is 5.60. The maximum Gasteiger partial charge on any atom is 0.0769 e. The van der Waals surface area contributed by atoms with E-state index in [1.807, 2.05) is 0 Å². The molecule has 1 spiro atoms. The number of fused-ring (bicyclic) bond motifs is 1. The molecule has 1 aliphatic heterocycles. The first-order valence-electron chi connectivity index (χ1n) is 4.07. The molecule has 9 heavy (non-hydrogen) atoms. The van der Waals surface area contributed by atoms with Crippen LogP contribution in [0, 0.1) is 11.8 Å². The third kappa shape index (κ3) is 0.362. The van der Waals surface area contributed by atoms with E-state index < -0.39 is 0 Å². The first kappa shape index (κ1) is 4.73. The largest absolute Gasteiger partial charge is 0.374 e. The highest BCUT2D eigenvalue weighted by Crippen LogP contribution is 2.67. The van der Waals surface area contributed by atoms with Crippen LogP contribution in [0.15, 0.2) is 0 Å². The van der Waals surface area contributed by atoms with Crippen molar-refractivity contribution in [3.05, 3.63) is 0 Å². The molecule has 50 valence electrons. The van der Waals surface area contributed by atoms with Crippen LogP contribution in [0.1, 0.15) is 25.7 Å². The van der Waals surface area contributed by atoms with E-state index in [1.54, 1.807) is 0 Å². The fourth-order valence-corrected chi connectivity index (χ4v) is 2.85. The lowest BCUT2D eigenvalue weighted by molar-refractivity contribution is -0.0762. The third-order valence-electron chi connectivity index (χ3n) is 3.50. The van der Waals surface area contributed by atoms with Gasteiger partial charge in [0, 0.05) is 5.92 Å². The van der Waals surface area contributed by atoms with Crippen LogP contribution in [-0.2, 0) is 4.74 Å². The van der Waals surface area contributed by atoms with Gasteiger partial charge in [0.1, 0.15) is 0 Å². The van der Waals surface area contributed by atoms with Crippen LogP contribution in [0.4, 0.5) is 0 Å². The summed E-state index contributed by atoms with van der Waals surface area (Å²) in [6.45, 7) is 1.09. The molecule has 0 N–H and O–H groups in total. The van der Waals surface area contributed by atoms with Gasteiger partial charge in [-0.1, -0.05) is 12.8 Å². The Morgan fingerprint density at radius 2 is 2.22 bits per heavy atom. The fraction of sp³-hybridized carbons (Fsp3) is 1.00. The minimum atomic E-state index is 0.484. The van der Waals surface area contributed by atoms with E-state index in [4.69, 9.17) is 4.74 Å². The van der Waals surface area contributed by atoms with Gasteiger partial charge in [0.25, 0.3) is 0 Å². The Morgan fingerprint density at radius 3 is 2.78 bits per heavy atom. The van der Waals surface area contributed by atoms with E-state index in [0.29, 0.717) is 5.60 Å². The smallest absolute Gasteiger partial charge is 0.0769 e. The van der Waals surface area contributed by atoms with E-state index in [1.165, 1.54) is 25.7 Å². The molecule has 3 fully saturated rings. The Hall–Kier alpha value is -0.0400. The van der Waals surface area contributed by atoms with Gasteiger partial charge in [-0.05, 0) is 18.8 Å². The zero-order valence-corrected chi connectivity index (χ0v) is 5.60. The lowest BCUT2D eigenvalue weighted by atomic mass is 9.97. The van der Waals surface area contributed by atoms with Crippen LogP contribution in [0.2, 0.25) is 0 Å². The van der Waals surface area contributed by atoms with Gasteiger partial charge >= 0.3 is 0 Å². The number of ether oxygens (including phenoxy) is 1. The molecule has 2 aliphatic carbocycles. The van der Waals surface area contributed by atoms with E-state index in [-0.39, 0.29) is 0 Å². The lowest BCUT2D eigenvalue weighted by Crippen LogP contribution is -2.31. The third-order valence-corrected chi connectivity index (χ3v) is 3.50. The quantitative estimate of drug-likeness (QED) is 0.476. The standard InChI is InChI=1S/C8H12O/c1-2-4-8-6(3-1)7(8)5-9-8/h6-7H,1-5H2/t6?,7?,8-/m1/s1. The van der Waals surface area contributed by atoms with E-state index in [0.717, 1.165) is 18.4 Å². The summed E-state index contributed by atoms with van der Waals surface area (Å²) in [6, 6.07) is 0. The Bertz CT molecular complexity index is 155. The molecule has 3 aliphatic rings. The van der Waals surface area contributed by atoms with Gasteiger partial charge in [-0.15, -0.1) is 0 Å². The minimum absolute atomic E-state index is 0.484. The molecule has 0 amide bonds. The van der Waals surface area contributed by atoms with Crippen molar-refractivity contribution in [3.63, 3.8) is 0 Å². The van der Waals surface area contributed by atoms with Crippen LogP contribution < -0.4 is 0 Å². The molecule has 3 atom stereocenters. The van der Waals surface area contributed by atoms with Crippen molar-refractivity contribution in [2.45, 2.75) is 31.3 Å². The van der Waals surface area contributed by atoms with E-state index in [2.05, 4.69) is 0 Å². The predicted octanol–water partition coefficient (Wildman–Crippen LogP) is 1.58. The van der Waals surface area contributed by atoms with Crippen LogP contribution in [-0.4, -0.2) is 12.2 Å². The number of hydrogen-bond acceptors (Lipinski definition) is 1. The predicted molar refractivity (Wildman–Crippen MR) is 34.1 cm³/mol. The van der Waals surface area contributed by atoms with Crippen LogP contribution in [0.25, 0.3) is 0 Å². The van der Waals surface area contributed by atoms with Crippen molar-refractivity contribution < 1.29 is 4.74 Å². The second-order valence-electron chi connectivity index (χ2n) is 3.72. The Labute approximate surface area is 55.4 Å². The van der Waals surface area contributed by atoms with Gasteiger partial charge in [0.15, 0.2) is 0 Å². The number of hydrogen-bond donors (Lipinski definition) is 0. The van der Waals surface area contributed by atoms with Gasteiger partial charge in [0.2, 0.25) is 0 Å². The molecule has 3 rings (SSSR count). The SMILES string of the molecule is C1CC[C@]23OCC2C3C1. The maximum absolute atomic E-state index is 5.60. The molecule has 0 aromatic heterocycles. The monoisotopic (exact) mass is 124 g/mol. The van der Waals surface area contributed by atoms with Crippen LogP contribution in [0.3, 0.4) is 0 Å². The van der Waals surface area contributed by atoms with Crippen molar-refractivity contribution >= 4 is 0 Å². The molecule has 1 heterocycles. The molecule has 0 radical (unpaired) electrons. The zero-order chi connectivity index (χ0) is 5.90. The highest BCUT2D eigenvalue weighted by molar-refractivity contribution is 5.20. The number of rotatable bonds is 0. The summed E-state index contributed by atoms with van der Waals surface area (Å²) < 4.78 is 5.60. The minimum Gasteiger partial charge on any atom is -0.374 e. The molecule has 0 aromatic carbocycles. The molecule has 1 heteroatoms. The van der Waals surface area contributed by atoms with Crippen molar-refractivity contribution in [1.29, 1.82) is 0 Å². The van der Waals surface area contributed by atoms with Crippen LogP contribution >= 0.6 is 0 Å². The molecule has 1 saturated heterocycles. The second-order valence-corrected chi connectivity index (χ2v) is 3.72. The highest BCUT2D eigenvalue weighted by Gasteiger charge is 2.72. The molecule has 2 unspecified atom stereocenters. The lowest BCUT2D eigenvalue weighted by Gasteiger charge is -2.28. The summed E-state index contributed by atoms with van der Waals surface area (Å²) in [4.78, 5) is 0.